The van der Waals surface area contributed by atoms with Gasteiger partial charge >= 0.3 is 0 Å². The molecule has 0 radical (unpaired) electrons. The van der Waals surface area contributed by atoms with Gasteiger partial charge in [-0.05, 0) is 88.7 Å². The van der Waals surface area contributed by atoms with Crippen LogP contribution in [-0.2, 0) is 4.74 Å². The molecule has 304 valence electrons. The highest BCUT2D eigenvalue weighted by molar-refractivity contribution is 5.27. The van der Waals surface area contributed by atoms with Gasteiger partial charge in [0.2, 0.25) is 0 Å². The zero-order valence-electron chi connectivity index (χ0n) is 38.5. The normalized spacial score (nSPS) is 19.0. The summed E-state index contributed by atoms with van der Waals surface area (Å²) >= 11 is 0. The van der Waals surface area contributed by atoms with Crippen molar-refractivity contribution in [1.82, 2.24) is 0 Å². The fourth-order valence-electron chi connectivity index (χ4n) is 6.13. The second-order valence-corrected chi connectivity index (χ2v) is 18.8. The molecule has 2 heteroatoms. The molecule has 0 spiro atoms. The molecule has 1 N–H and O–H groups in total. The molecule has 2 aromatic carbocycles. The molecule has 2 unspecified atom stereocenters. The molecule has 1 fully saturated rings. The van der Waals surface area contributed by atoms with Gasteiger partial charge in [0.25, 0.3) is 0 Å². The van der Waals surface area contributed by atoms with Crippen LogP contribution in [0.3, 0.4) is 0 Å². The third kappa shape index (κ3) is 23.2. The van der Waals surface area contributed by atoms with Crippen LogP contribution in [0.1, 0.15) is 199 Å². The summed E-state index contributed by atoms with van der Waals surface area (Å²) in [7, 11) is 0. The van der Waals surface area contributed by atoms with Gasteiger partial charge in [0.1, 0.15) is 0 Å². The van der Waals surface area contributed by atoms with E-state index in [0.717, 1.165) is 30.1 Å². The van der Waals surface area contributed by atoms with E-state index in [0.29, 0.717) is 41.4 Å². The standard InChI is InChI=1S/C17H28.C14H28O2.C9H12.2C5H12/c1-12(2)11-17(14(5)6)16-9-7-15(8-10-16)13(3)4;1-8(2)7-11-12(9(3)4)13(15)14(16-11)10(5)6;1-8(2)9-6-4-3-5-7-9;2*1-4-5(2)3/h7-10,12-14,17H,11H2,1-6H3;8-15H,7H2,1-6H3;3-8H,1-2H3;2*5H,4H2,1-3H3/t;11-,12+,13?,14+;;;/m.1.../s1. The SMILES string of the molecule is CC(C)CC(c1ccc(C(C)C)cc1)C(C)C.CC(C)C[C@H]1O[C@@H](C(C)C)C(O)[C@H]1C(C)C.CC(C)c1ccccc1.CCC(C)C.CCC(C)C. The Balaban J connectivity index is 0. The Kier molecular flexibility index (Phi) is 29.0. The molecule has 1 heterocycles. The van der Waals surface area contributed by atoms with Crippen LogP contribution in [0.5, 0.6) is 0 Å². The molecular formula is C50H92O2. The fraction of sp³-hybridized carbons (Fsp3) is 0.760. The van der Waals surface area contributed by atoms with Crippen molar-refractivity contribution in [3.8, 4) is 0 Å². The molecule has 3 rings (SSSR count). The van der Waals surface area contributed by atoms with Gasteiger partial charge in [0, 0.05) is 5.92 Å². The highest BCUT2D eigenvalue weighted by Gasteiger charge is 2.45. The predicted molar refractivity (Wildman–Crippen MR) is 236 cm³/mol. The topological polar surface area (TPSA) is 29.5 Å². The molecule has 0 amide bonds. The molecule has 0 saturated carbocycles. The number of rotatable bonds is 12. The molecule has 0 bridgehead atoms. The number of hydrogen-bond donors (Lipinski definition) is 1. The molecule has 0 aromatic heterocycles. The lowest BCUT2D eigenvalue weighted by atomic mass is 9.81. The minimum absolute atomic E-state index is 0.0242. The van der Waals surface area contributed by atoms with Gasteiger partial charge in [-0.2, -0.15) is 0 Å². The molecule has 5 atom stereocenters. The molecular weight excluding hydrogens is 633 g/mol. The van der Waals surface area contributed by atoms with Gasteiger partial charge in [-0.15, -0.1) is 0 Å². The lowest BCUT2D eigenvalue weighted by Gasteiger charge is -2.25. The average Bonchev–Trinajstić information content (AvgIpc) is 3.40. The second kappa shape index (κ2) is 28.8. The lowest BCUT2D eigenvalue weighted by molar-refractivity contribution is -0.0222. The smallest absolute Gasteiger partial charge is 0.0864 e. The minimum atomic E-state index is -0.288. The number of benzene rings is 2. The summed E-state index contributed by atoms with van der Waals surface area (Å²) in [6.45, 7) is 44.6. The first kappa shape index (κ1) is 52.5. The zero-order chi connectivity index (χ0) is 40.7. The Morgan fingerprint density at radius 1 is 0.519 bits per heavy atom. The van der Waals surface area contributed by atoms with Gasteiger partial charge in [0.05, 0.1) is 18.3 Å². The van der Waals surface area contributed by atoms with Crippen LogP contribution in [0.2, 0.25) is 0 Å². The van der Waals surface area contributed by atoms with Crippen molar-refractivity contribution >= 4 is 0 Å². The zero-order valence-corrected chi connectivity index (χ0v) is 38.5. The largest absolute Gasteiger partial charge is 0.390 e. The monoisotopic (exact) mass is 725 g/mol. The van der Waals surface area contributed by atoms with Crippen LogP contribution in [0.4, 0.5) is 0 Å². The first-order valence-electron chi connectivity index (χ1n) is 21.6. The van der Waals surface area contributed by atoms with Gasteiger partial charge in [-0.1, -0.05) is 206 Å². The Morgan fingerprint density at radius 3 is 1.21 bits per heavy atom. The summed E-state index contributed by atoms with van der Waals surface area (Å²) in [4.78, 5) is 0. The van der Waals surface area contributed by atoms with Gasteiger partial charge in [-0.3, -0.25) is 0 Å². The van der Waals surface area contributed by atoms with Crippen LogP contribution >= 0.6 is 0 Å². The molecule has 2 aromatic rings. The third-order valence-electron chi connectivity index (χ3n) is 10.3. The van der Waals surface area contributed by atoms with Crippen molar-refractivity contribution in [2.75, 3.05) is 0 Å². The Hall–Kier alpha value is -1.64. The molecule has 1 saturated heterocycles. The van der Waals surface area contributed by atoms with E-state index in [4.69, 9.17) is 4.74 Å². The maximum atomic E-state index is 10.3. The quantitative estimate of drug-likeness (QED) is 0.236. The van der Waals surface area contributed by atoms with Crippen LogP contribution < -0.4 is 0 Å². The lowest BCUT2D eigenvalue weighted by Crippen LogP contribution is -2.33. The van der Waals surface area contributed by atoms with E-state index in [-0.39, 0.29) is 18.3 Å². The highest BCUT2D eigenvalue weighted by atomic mass is 16.5. The van der Waals surface area contributed by atoms with Crippen molar-refractivity contribution in [2.24, 2.45) is 47.3 Å². The first-order valence-corrected chi connectivity index (χ1v) is 21.6. The fourth-order valence-corrected chi connectivity index (χ4v) is 6.13. The molecule has 1 aliphatic rings. The van der Waals surface area contributed by atoms with Crippen LogP contribution in [0.15, 0.2) is 54.6 Å². The van der Waals surface area contributed by atoms with Crippen molar-refractivity contribution in [3.63, 3.8) is 0 Å². The maximum Gasteiger partial charge on any atom is 0.0864 e. The summed E-state index contributed by atoms with van der Waals surface area (Å²) in [5.41, 5.74) is 4.37. The third-order valence-corrected chi connectivity index (χ3v) is 10.3. The van der Waals surface area contributed by atoms with E-state index >= 15 is 0 Å². The van der Waals surface area contributed by atoms with Crippen molar-refractivity contribution < 1.29 is 9.84 Å². The molecule has 1 aliphatic heterocycles. The van der Waals surface area contributed by atoms with Crippen LogP contribution in [0.25, 0.3) is 0 Å². The predicted octanol–water partition coefficient (Wildman–Crippen LogP) is 15.6. The summed E-state index contributed by atoms with van der Waals surface area (Å²) in [5.74, 6) is 7.07. The van der Waals surface area contributed by atoms with Crippen LogP contribution in [-0.4, -0.2) is 23.4 Å². The van der Waals surface area contributed by atoms with Crippen molar-refractivity contribution in [1.29, 1.82) is 0 Å². The number of aliphatic hydroxyl groups is 1. The minimum Gasteiger partial charge on any atom is -0.390 e. The van der Waals surface area contributed by atoms with E-state index in [1.165, 1.54) is 36.0 Å². The number of ether oxygens (including phenoxy) is 1. The summed E-state index contributed by atoms with van der Waals surface area (Å²) in [6, 6.07) is 19.8. The number of aliphatic hydroxyl groups excluding tert-OH is 1. The highest BCUT2D eigenvalue weighted by Crippen LogP contribution is 2.38. The Bertz CT molecular complexity index is 1050. The summed E-state index contributed by atoms with van der Waals surface area (Å²) in [5, 5.41) is 10.3. The van der Waals surface area contributed by atoms with E-state index in [1.807, 2.05) is 6.07 Å². The van der Waals surface area contributed by atoms with Gasteiger partial charge in [0.15, 0.2) is 0 Å². The first-order chi connectivity index (χ1) is 24.1. The summed E-state index contributed by atoms with van der Waals surface area (Å²) < 4.78 is 6.07. The maximum absolute atomic E-state index is 10.3. The van der Waals surface area contributed by atoms with Gasteiger partial charge in [-0.25, -0.2) is 0 Å². The summed E-state index contributed by atoms with van der Waals surface area (Å²) in [6.07, 6.45) is 4.93. The number of hydrogen-bond acceptors (Lipinski definition) is 2. The van der Waals surface area contributed by atoms with Crippen LogP contribution in [0, 0.1) is 47.3 Å². The van der Waals surface area contributed by atoms with E-state index in [9.17, 15) is 5.11 Å². The average molecular weight is 725 g/mol. The van der Waals surface area contributed by atoms with E-state index < -0.39 is 0 Å². The van der Waals surface area contributed by atoms with Crippen molar-refractivity contribution in [3.05, 3.63) is 71.3 Å². The molecule has 0 aliphatic carbocycles. The Morgan fingerprint density at radius 2 is 0.923 bits per heavy atom. The van der Waals surface area contributed by atoms with Crippen molar-refractivity contribution in [2.45, 2.75) is 200 Å². The van der Waals surface area contributed by atoms with E-state index in [1.54, 1.807) is 0 Å². The van der Waals surface area contributed by atoms with E-state index in [2.05, 4.69) is 187 Å². The molecule has 52 heavy (non-hydrogen) atoms. The Labute approximate surface area is 327 Å². The second-order valence-electron chi connectivity index (χ2n) is 18.8. The molecule has 2 nitrogen and oxygen atoms in total. The van der Waals surface area contributed by atoms with Gasteiger partial charge < -0.3 is 9.84 Å².